The summed E-state index contributed by atoms with van der Waals surface area (Å²) in [4.78, 5) is 2.59. The fourth-order valence-electron chi connectivity index (χ4n) is 3.20. The van der Waals surface area contributed by atoms with Crippen molar-refractivity contribution in [3.05, 3.63) is 35.4 Å². The van der Waals surface area contributed by atoms with E-state index in [9.17, 15) is 0 Å². The van der Waals surface area contributed by atoms with Gasteiger partial charge in [0.05, 0.1) is 6.61 Å². The Balaban J connectivity index is 1.46. The first-order valence-corrected chi connectivity index (χ1v) is 8.36. The van der Waals surface area contributed by atoms with Crippen molar-refractivity contribution in [1.29, 1.82) is 0 Å². The summed E-state index contributed by atoms with van der Waals surface area (Å²) in [6.07, 6.45) is 5.47. The number of rotatable bonds is 7. The van der Waals surface area contributed by atoms with Crippen LogP contribution in [0.1, 0.15) is 36.8 Å². The number of methoxy groups -OCH3 is 1. The number of likely N-dealkylation sites (tertiary alicyclic amines) is 1. The maximum Gasteiger partial charge on any atom is 0.0716 e. The highest BCUT2D eigenvalue weighted by Gasteiger charge is 2.24. The van der Waals surface area contributed by atoms with E-state index in [1.54, 1.807) is 7.11 Å². The molecule has 0 aromatic heterocycles. The van der Waals surface area contributed by atoms with Crippen molar-refractivity contribution in [2.45, 2.75) is 44.9 Å². The highest BCUT2D eigenvalue weighted by molar-refractivity contribution is 5.26. The minimum atomic E-state index is 0.718. The maximum atomic E-state index is 5.31. The minimum Gasteiger partial charge on any atom is -0.380 e. The molecule has 1 aliphatic carbocycles. The summed E-state index contributed by atoms with van der Waals surface area (Å²) in [6.45, 7) is 5.46. The van der Waals surface area contributed by atoms with Crippen LogP contribution in [0.4, 0.5) is 0 Å². The van der Waals surface area contributed by atoms with Crippen molar-refractivity contribution in [2.75, 3.05) is 26.7 Å². The standard InChI is InChI=1S/C18H28N2O/c1-21-14-17-5-3-2-4-16(17)13-20-10-8-18(9-11-20)19-12-15-6-7-15/h2-5,15,18-19H,6-14H2,1H3. The number of piperidine rings is 1. The Morgan fingerprint density at radius 1 is 1.10 bits per heavy atom. The molecule has 0 atom stereocenters. The molecule has 1 saturated heterocycles. The summed E-state index contributed by atoms with van der Waals surface area (Å²) in [5.74, 6) is 0.990. The second-order valence-electron chi connectivity index (χ2n) is 6.60. The average Bonchev–Trinajstić information content (AvgIpc) is 3.33. The fourth-order valence-corrected chi connectivity index (χ4v) is 3.20. The van der Waals surface area contributed by atoms with Crippen molar-refractivity contribution in [1.82, 2.24) is 10.2 Å². The van der Waals surface area contributed by atoms with Gasteiger partial charge >= 0.3 is 0 Å². The molecule has 3 rings (SSSR count). The molecule has 0 spiro atoms. The summed E-state index contributed by atoms with van der Waals surface area (Å²) >= 11 is 0. The van der Waals surface area contributed by atoms with Crippen molar-refractivity contribution < 1.29 is 4.74 Å². The summed E-state index contributed by atoms with van der Waals surface area (Å²) in [7, 11) is 1.77. The third-order valence-corrected chi connectivity index (χ3v) is 4.79. The number of nitrogens with zero attached hydrogens (tertiary/aromatic N) is 1. The summed E-state index contributed by atoms with van der Waals surface area (Å²) in [5.41, 5.74) is 2.75. The highest BCUT2D eigenvalue weighted by atomic mass is 16.5. The number of benzene rings is 1. The Hall–Kier alpha value is -0.900. The van der Waals surface area contributed by atoms with Crippen LogP contribution < -0.4 is 5.32 Å². The van der Waals surface area contributed by atoms with Crippen LogP contribution in [0.25, 0.3) is 0 Å². The fraction of sp³-hybridized carbons (Fsp3) is 0.667. The van der Waals surface area contributed by atoms with E-state index in [-0.39, 0.29) is 0 Å². The molecule has 21 heavy (non-hydrogen) atoms. The van der Waals surface area contributed by atoms with Crippen molar-refractivity contribution >= 4 is 0 Å². The van der Waals surface area contributed by atoms with Gasteiger partial charge in [-0.15, -0.1) is 0 Å². The van der Waals surface area contributed by atoms with Crippen LogP contribution in [-0.2, 0) is 17.9 Å². The molecule has 1 aliphatic heterocycles. The van der Waals surface area contributed by atoms with E-state index in [1.807, 2.05) is 0 Å². The van der Waals surface area contributed by atoms with Gasteiger partial charge in [-0.1, -0.05) is 24.3 Å². The molecular formula is C18H28N2O. The Labute approximate surface area is 128 Å². The lowest BCUT2D eigenvalue weighted by Crippen LogP contribution is -2.42. The van der Waals surface area contributed by atoms with Gasteiger partial charge < -0.3 is 10.1 Å². The third-order valence-electron chi connectivity index (χ3n) is 4.79. The zero-order valence-electron chi connectivity index (χ0n) is 13.2. The molecule has 1 aromatic rings. The molecule has 1 aromatic carbocycles. The van der Waals surface area contributed by atoms with E-state index in [1.165, 1.54) is 56.4 Å². The summed E-state index contributed by atoms with van der Waals surface area (Å²) in [5, 5.41) is 3.75. The quantitative estimate of drug-likeness (QED) is 0.835. The van der Waals surface area contributed by atoms with Crippen molar-refractivity contribution in [3.63, 3.8) is 0 Å². The monoisotopic (exact) mass is 288 g/mol. The Kier molecular flexibility index (Phi) is 5.28. The molecule has 3 heteroatoms. The molecule has 116 valence electrons. The van der Waals surface area contributed by atoms with E-state index < -0.39 is 0 Å². The molecular weight excluding hydrogens is 260 g/mol. The highest BCUT2D eigenvalue weighted by Crippen LogP contribution is 2.28. The molecule has 1 N–H and O–H groups in total. The zero-order valence-corrected chi connectivity index (χ0v) is 13.2. The molecule has 0 unspecified atom stereocenters. The predicted molar refractivity (Wildman–Crippen MR) is 86.2 cm³/mol. The molecule has 1 heterocycles. The third kappa shape index (κ3) is 4.53. The van der Waals surface area contributed by atoms with Crippen molar-refractivity contribution in [3.8, 4) is 0 Å². The number of hydrogen-bond donors (Lipinski definition) is 1. The van der Waals surface area contributed by atoms with Crippen LogP contribution in [0.2, 0.25) is 0 Å². The molecule has 0 bridgehead atoms. The van der Waals surface area contributed by atoms with Gasteiger partial charge in [0.15, 0.2) is 0 Å². The second kappa shape index (κ2) is 7.39. The lowest BCUT2D eigenvalue weighted by molar-refractivity contribution is 0.175. The molecule has 1 saturated carbocycles. The van der Waals surface area contributed by atoms with Crippen LogP contribution in [0.15, 0.2) is 24.3 Å². The van der Waals surface area contributed by atoms with E-state index in [0.717, 1.165) is 25.1 Å². The van der Waals surface area contributed by atoms with Gasteiger partial charge in [-0.2, -0.15) is 0 Å². The number of hydrogen-bond acceptors (Lipinski definition) is 3. The van der Waals surface area contributed by atoms with Crippen LogP contribution in [-0.4, -0.2) is 37.7 Å². The smallest absolute Gasteiger partial charge is 0.0716 e. The maximum absolute atomic E-state index is 5.31. The summed E-state index contributed by atoms with van der Waals surface area (Å²) < 4.78 is 5.31. The first-order valence-electron chi connectivity index (χ1n) is 8.36. The first kappa shape index (κ1) is 15.0. The first-order chi connectivity index (χ1) is 10.3. The van der Waals surface area contributed by atoms with Gasteiger partial charge in [-0.3, -0.25) is 4.90 Å². The van der Waals surface area contributed by atoms with Crippen molar-refractivity contribution in [2.24, 2.45) is 5.92 Å². The minimum absolute atomic E-state index is 0.718. The molecule has 0 amide bonds. The van der Waals surface area contributed by atoms with Gasteiger partial charge in [-0.25, -0.2) is 0 Å². The normalized spacial score (nSPS) is 20.8. The largest absolute Gasteiger partial charge is 0.380 e. The number of ether oxygens (including phenoxy) is 1. The summed E-state index contributed by atoms with van der Waals surface area (Å²) in [6, 6.07) is 9.41. The van der Waals surface area contributed by atoms with Crippen LogP contribution in [0.5, 0.6) is 0 Å². The van der Waals surface area contributed by atoms with Crippen LogP contribution >= 0.6 is 0 Å². The Bertz CT molecular complexity index is 437. The molecule has 3 nitrogen and oxygen atoms in total. The second-order valence-corrected chi connectivity index (χ2v) is 6.60. The SMILES string of the molecule is COCc1ccccc1CN1CCC(NCC2CC2)CC1. The van der Waals surface area contributed by atoms with E-state index in [4.69, 9.17) is 4.74 Å². The lowest BCUT2D eigenvalue weighted by Gasteiger charge is -2.33. The van der Waals surface area contributed by atoms with Gasteiger partial charge in [-0.05, 0) is 62.4 Å². The van der Waals surface area contributed by atoms with E-state index >= 15 is 0 Å². The van der Waals surface area contributed by atoms with Gasteiger partial charge in [0.25, 0.3) is 0 Å². The lowest BCUT2D eigenvalue weighted by atomic mass is 10.0. The van der Waals surface area contributed by atoms with Crippen LogP contribution in [0, 0.1) is 5.92 Å². The average molecular weight is 288 g/mol. The topological polar surface area (TPSA) is 24.5 Å². The molecule has 0 radical (unpaired) electrons. The van der Waals surface area contributed by atoms with E-state index in [0.29, 0.717) is 0 Å². The Morgan fingerprint density at radius 3 is 2.48 bits per heavy atom. The van der Waals surface area contributed by atoms with Crippen LogP contribution in [0.3, 0.4) is 0 Å². The van der Waals surface area contributed by atoms with Gasteiger partial charge in [0.1, 0.15) is 0 Å². The van der Waals surface area contributed by atoms with Gasteiger partial charge in [0.2, 0.25) is 0 Å². The predicted octanol–water partition coefficient (Wildman–Crippen LogP) is 2.80. The number of nitrogens with one attached hydrogen (secondary N) is 1. The van der Waals surface area contributed by atoms with E-state index in [2.05, 4.69) is 34.5 Å². The van der Waals surface area contributed by atoms with Gasteiger partial charge in [0, 0.05) is 19.7 Å². The Morgan fingerprint density at radius 2 is 1.81 bits per heavy atom. The zero-order chi connectivity index (χ0) is 14.5. The molecule has 2 aliphatic rings. The molecule has 2 fully saturated rings.